The maximum Gasteiger partial charge on any atom is 0.348 e. The van der Waals surface area contributed by atoms with Crippen molar-refractivity contribution in [3.63, 3.8) is 0 Å². The van der Waals surface area contributed by atoms with E-state index < -0.39 is 0 Å². The van der Waals surface area contributed by atoms with E-state index in [-0.39, 0.29) is 5.97 Å². The zero-order valence-corrected chi connectivity index (χ0v) is 17.3. The van der Waals surface area contributed by atoms with Gasteiger partial charge in [-0.25, -0.2) is 4.79 Å². The smallest absolute Gasteiger partial charge is 0.348 e. The van der Waals surface area contributed by atoms with Crippen LogP contribution in [0.4, 0.5) is 0 Å². The molecule has 0 fully saturated rings. The second kappa shape index (κ2) is 7.50. The molecular formula is C19H13BrCl2O2S. The van der Waals surface area contributed by atoms with Crippen LogP contribution in [-0.2, 0) is 4.74 Å². The molecule has 0 amide bonds. The first kappa shape index (κ1) is 18.5. The number of carbonyl (C=O) groups is 1. The summed E-state index contributed by atoms with van der Waals surface area (Å²) in [6, 6.07) is 13.3. The van der Waals surface area contributed by atoms with E-state index in [1.54, 1.807) is 12.1 Å². The maximum absolute atomic E-state index is 12.2. The lowest BCUT2D eigenvalue weighted by Crippen LogP contribution is -1.99. The first-order valence-electron chi connectivity index (χ1n) is 7.35. The van der Waals surface area contributed by atoms with E-state index in [0.29, 0.717) is 14.9 Å². The first-order chi connectivity index (χ1) is 11.9. The van der Waals surface area contributed by atoms with Crippen LogP contribution in [0.25, 0.3) is 21.6 Å². The summed E-state index contributed by atoms with van der Waals surface area (Å²) in [6.07, 6.45) is 0. The van der Waals surface area contributed by atoms with E-state index in [1.807, 2.05) is 37.3 Å². The third-order valence-corrected chi connectivity index (χ3v) is 6.21. The second-order valence-electron chi connectivity index (χ2n) is 5.38. The van der Waals surface area contributed by atoms with Crippen molar-refractivity contribution in [2.45, 2.75) is 6.92 Å². The summed E-state index contributed by atoms with van der Waals surface area (Å²) in [5, 5.41) is 1.11. The van der Waals surface area contributed by atoms with Crippen LogP contribution < -0.4 is 0 Å². The molecule has 0 saturated carbocycles. The van der Waals surface area contributed by atoms with E-state index in [0.717, 1.165) is 31.6 Å². The molecule has 0 atom stereocenters. The van der Waals surface area contributed by atoms with Crippen LogP contribution in [0, 0.1) is 6.92 Å². The van der Waals surface area contributed by atoms with Crippen molar-refractivity contribution >= 4 is 56.4 Å². The molecule has 25 heavy (non-hydrogen) atoms. The Kier molecular flexibility index (Phi) is 5.54. The van der Waals surface area contributed by atoms with Gasteiger partial charge in [-0.2, -0.15) is 0 Å². The van der Waals surface area contributed by atoms with Crippen LogP contribution in [-0.4, -0.2) is 13.1 Å². The Labute approximate surface area is 168 Å². The number of ether oxygens (including phenoxy) is 1. The third kappa shape index (κ3) is 3.63. The number of hydrogen-bond donors (Lipinski definition) is 0. The Balaban J connectivity index is 2.29. The highest BCUT2D eigenvalue weighted by atomic mass is 79.9. The Morgan fingerprint density at radius 1 is 1.12 bits per heavy atom. The molecule has 2 aromatic carbocycles. The van der Waals surface area contributed by atoms with Crippen LogP contribution in [0.3, 0.4) is 0 Å². The average Bonchev–Trinajstić information content (AvgIpc) is 2.92. The lowest BCUT2D eigenvalue weighted by atomic mass is 9.98. The van der Waals surface area contributed by atoms with Crippen LogP contribution in [0.1, 0.15) is 15.2 Å². The molecule has 0 radical (unpaired) electrons. The fourth-order valence-corrected chi connectivity index (χ4v) is 4.74. The van der Waals surface area contributed by atoms with Gasteiger partial charge in [-0.05, 0) is 42.3 Å². The van der Waals surface area contributed by atoms with E-state index in [2.05, 4.69) is 15.9 Å². The Morgan fingerprint density at radius 2 is 1.80 bits per heavy atom. The summed E-state index contributed by atoms with van der Waals surface area (Å²) in [4.78, 5) is 13.7. The highest BCUT2D eigenvalue weighted by Crippen LogP contribution is 2.45. The predicted octanol–water partition coefficient (Wildman–Crippen LogP) is 7.25. The molecule has 0 spiro atoms. The molecular weight excluding hydrogens is 443 g/mol. The predicted molar refractivity (Wildman–Crippen MR) is 109 cm³/mol. The van der Waals surface area contributed by atoms with Crippen molar-refractivity contribution in [3.8, 4) is 21.6 Å². The number of methoxy groups -OCH3 is 1. The molecule has 0 aliphatic heterocycles. The van der Waals surface area contributed by atoms with Gasteiger partial charge in [-0.3, -0.25) is 0 Å². The van der Waals surface area contributed by atoms with Crippen molar-refractivity contribution in [3.05, 3.63) is 67.4 Å². The largest absolute Gasteiger partial charge is 0.465 e. The number of carbonyl (C=O) groups excluding carboxylic acids is 1. The molecule has 0 aliphatic rings. The summed E-state index contributed by atoms with van der Waals surface area (Å²) in [7, 11) is 1.38. The number of esters is 1. The monoisotopic (exact) mass is 454 g/mol. The quantitative estimate of drug-likeness (QED) is 0.389. The topological polar surface area (TPSA) is 26.3 Å². The molecule has 0 aliphatic carbocycles. The molecule has 0 unspecified atom stereocenters. The zero-order valence-electron chi connectivity index (χ0n) is 13.4. The maximum atomic E-state index is 12.2. The molecule has 2 nitrogen and oxygen atoms in total. The van der Waals surface area contributed by atoms with Crippen molar-refractivity contribution < 1.29 is 9.53 Å². The summed E-state index contributed by atoms with van der Waals surface area (Å²) in [6.45, 7) is 1.92. The zero-order chi connectivity index (χ0) is 18.1. The van der Waals surface area contributed by atoms with E-state index in [9.17, 15) is 4.79 Å². The number of halogens is 3. The van der Waals surface area contributed by atoms with Gasteiger partial charge in [0.1, 0.15) is 4.88 Å². The minimum atomic E-state index is -0.350. The highest BCUT2D eigenvalue weighted by Gasteiger charge is 2.23. The lowest BCUT2D eigenvalue weighted by Gasteiger charge is -2.08. The van der Waals surface area contributed by atoms with E-state index >= 15 is 0 Å². The molecule has 1 heterocycles. The first-order valence-corrected chi connectivity index (χ1v) is 9.72. The fourth-order valence-electron chi connectivity index (χ4n) is 2.63. The highest BCUT2D eigenvalue weighted by molar-refractivity contribution is 9.10. The normalized spacial score (nSPS) is 10.8. The van der Waals surface area contributed by atoms with Gasteiger partial charge in [0.2, 0.25) is 0 Å². The number of rotatable bonds is 3. The van der Waals surface area contributed by atoms with Crippen LogP contribution in [0.15, 0.2) is 46.9 Å². The van der Waals surface area contributed by atoms with Crippen molar-refractivity contribution in [1.82, 2.24) is 0 Å². The number of hydrogen-bond acceptors (Lipinski definition) is 3. The fraction of sp³-hybridized carbons (Fsp3) is 0.105. The molecule has 3 aromatic rings. The van der Waals surface area contributed by atoms with Gasteiger partial charge in [-0.1, -0.05) is 57.3 Å². The summed E-state index contributed by atoms with van der Waals surface area (Å²) >= 11 is 17.3. The molecule has 0 bridgehead atoms. The van der Waals surface area contributed by atoms with E-state index in [4.69, 9.17) is 27.9 Å². The van der Waals surface area contributed by atoms with Gasteiger partial charge >= 0.3 is 5.97 Å². The van der Waals surface area contributed by atoms with Gasteiger partial charge in [0.05, 0.1) is 12.1 Å². The third-order valence-electron chi connectivity index (χ3n) is 3.83. The van der Waals surface area contributed by atoms with Gasteiger partial charge in [-0.15, -0.1) is 11.3 Å². The van der Waals surface area contributed by atoms with Gasteiger partial charge in [0.25, 0.3) is 0 Å². The minimum absolute atomic E-state index is 0.350. The minimum Gasteiger partial charge on any atom is -0.465 e. The van der Waals surface area contributed by atoms with Crippen molar-refractivity contribution in [2.75, 3.05) is 7.11 Å². The molecule has 128 valence electrons. The second-order valence-corrected chi connectivity index (χ2v) is 8.16. The van der Waals surface area contributed by atoms with Crippen molar-refractivity contribution in [1.29, 1.82) is 0 Å². The molecule has 0 N–H and O–H groups in total. The summed E-state index contributed by atoms with van der Waals surface area (Å²) < 4.78 is 5.92. The lowest BCUT2D eigenvalue weighted by molar-refractivity contribution is 0.0605. The van der Waals surface area contributed by atoms with Gasteiger partial charge in [0.15, 0.2) is 0 Å². The van der Waals surface area contributed by atoms with Crippen LogP contribution >= 0.6 is 50.5 Å². The number of thiophene rings is 1. The van der Waals surface area contributed by atoms with Crippen LogP contribution in [0.5, 0.6) is 0 Å². The molecule has 6 heteroatoms. The van der Waals surface area contributed by atoms with Gasteiger partial charge in [0, 0.05) is 25.5 Å². The Hall–Kier alpha value is -1.33. The average molecular weight is 456 g/mol. The number of benzene rings is 2. The standard InChI is InChI=1S/C19H13BrCl2O2S/c1-10-16(11-3-5-12(20)6-4-11)18(25-17(10)19(23)24-2)14-8-7-13(21)9-15(14)22/h3-9H,1-2H3. The molecule has 1 aromatic heterocycles. The van der Waals surface area contributed by atoms with Crippen molar-refractivity contribution in [2.24, 2.45) is 0 Å². The summed E-state index contributed by atoms with van der Waals surface area (Å²) in [5.41, 5.74) is 3.70. The van der Waals surface area contributed by atoms with E-state index in [1.165, 1.54) is 18.4 Å². The summed E-state index contributed by atoms with van der Waals surface area (Å²) in [5.74, 6) is -0.350. The SMILES string of the molecule is COC(=O)c1sc(-c2ccc(Cl)cc2Cl)c(-c2ccc(Br)cc2)c1C. The molecule has 3 rings (SSSR count). The van der Waals surface area contributed by atoms with Gasteiger partial charge < -0.3 is 4.74 Å². The Morgan fingerprint density at radius 3 is 2.40 bits per heavy atom. The van der Waals surface area contributed by atoms with Crippen LogP contribution in [0.2, 0.25) is 10.0 Å². The molecule has 0 saturated heterocycles. The Bertz CT molecular complexity index is 949.